The molecular weight excluding hydrogens is 450 g/mol. The van der Waals surface area contributed by atoms with Gasteiger partial charge < -0.3 is 20.6 Å². The number of carbonyl (C=O) groups excluding carboxylic acids is 3. The second kappa shape index (κ2) is 10.3. The molecule has 3 N–H and O–H groups in total. The minimum absolute atomic E-state index is 0.0200. The van der Waals surface area contributed by atoms with Crippen molar-refractivity contribution in [2.24, 2.45) is 17.8 Å². The van der Waals surface area contributed by atoms with Gasteiger partial charge in [-0.2, -0.15) is 0 Å². The van der Waals surface area contributed by atoms with E-state index in [1.165, 1.54) is 0 Å². The summed E-state index contributed by atoms with van der Waals surface area (Å²) >= 11 is 1.69. The number of nitrogens with zero attached hydrogens (tertiary/aromatic N) is 1. The summed E-state index contributed by atoms with van der Waals surface area (Å²) in [5.41, 5.74) is 1.01. The van der Waals surface area contributed by atoms with Crippen LogP contribution in [0.15, 0.2) is 30.3 Å². The van der Waals surface area contributed by atoms with Crippen LogP contribution in [0.1, 0.15) is 52.0 Å². The molecule has 3 aliphatic heterocycles. The Hall–Kier alpha value is -2.06. The van der Waals surface area contributed by atoms with Gasteiger partial charge in [-0.25, -0.2) is 0 Å². The predicted molar refractivity (Wildman–Crippen MR) is 133 cm³/mol. The molecule has 1 aromatic carbocycles. The molecular formula is C26H37N3O4S. The number of nitrogens with one attached hydrogen (secondary N) is 2. The first kappa shape index (κ1) is 25.0. The van der Waals surface area contributed by atoms with Crippen LogP contribution < -0.4 is 10.6 Å². The third-order valence-electron chi connectivity index (χ3n) is 7.77. The quantitative estimate of drug-likeness (QED) is 0.471. The van der Waals surface area contributed by atoms with E-state index < -0.39 is 22.6 Å². The maximum atomic E-state index is 13.8. The van der Waals surface area contributed by atoms with Crippen molar-refractivity contribution >= 4 is 29.5 Å². The van der Waals surface area contributed by atoms with E-state index in [2.05, 4.69) is 24.5 Å². The number of likely N-dealkylation sites (tertiary alicyclic amines) is 1. The number of rotatable bonds is 10. The number of benzene rings is 1. The minimum atomic E-state index is -0.618. The molecule has 0 radical (unpaired) electrons. The van der Waals surface area contributed by atoms with Gasteiger partial charge in [-0.15, -0.1) is 11.8 Å². The zero-order valence-corrected chi connectivity index (χ0v) is 21.1. The highest BCUT2D eigenvalue weighted by molar-refractivity contribution is 8.02. The van der Waals surface area contributed by atoms with Gasteiger partial charge in [0.05, 0.1) is 16.6 Å². The van der Waals surface area contributed by atoms with Gasteiger partial charge in [-0.1, -0.05) is 50.6 Å². The number of amides is 3. The van der Waals surface area contributed by atoms with Gasteiger partial charge >= 0.3 is 0 Å². The molecule has 4 unspecified atom stereocenters. The fourth-order valence-electron chi connectivity index (χ4n) is 6.33. The van der Waals surface area contributed by atoms with Crippen LogP contribution in [0.2, 0.25) is 0 Å². The largest absolute Gasteiger partial charge is 0.396 e. The van der Waals surface area contributed by atoms with Crippen molar-refractivity contribution in [3.63, 3.8) is 0 Å². The molecule has 7 atom stereocenters. The zero-order valence-electron chi connectivity index (χ0n) is 20.3. The first-order valence-corrected chi connectivity index (χ1v) is 13.4. The lowest BCUT2D eigenvalue weighted by Crippen LogP contribution is -2.57. The van der Waals surface area contributed by atoms with Crippen LogP contribution in [0.3, 0.4) is 0 Å². The lowest BCUT2D eigenvalue weighted by molar-refractivity contribution is -0.140. The molecule has 0 aliphatic carbocycles. The Morgan fingerprint density at radius 1 is 1.26 bits per heavy atom. The fourth-order valence-corrected chi connectivity index (χ4v) is 8.75. The molecule has 34 heavy (non-hydrogen) atoms. The van der Waals surface area contributed by atoms with Gasteiger partial charge in [-0.3, -0.25) is 14.4 Å². The number of aliphatic hydroxyl groups excluding tert-OH is 1. The Morgan fingerprint density at radius 2 is 2.00 bits per heavy atom. The van der Waals surface area contributed by atoms with Crippen molar-refractivity contribution in [2.75, 3.05) is 13.2 Å². The van der Waals surface area contributed by atoms with Crippen molar-refractivity contribution in [2.45, 2.75) is 75.1 Å². The van der Waals surface area contributed by atoms with Crippen LogP contribution in [0.4, 0.5) is 0 Å². The molecule has 3 aliphatic rings. The summed E-state index contributed by atoms with van der Waals surface area (Å²) in [5.74, 6) is -1.15. The normalized spacial score (nSPS) is 32.5. The van der Waals surface area contributed by atoms with Crippen molar-refractivity contribution in [1.82, 2.24) is 15.5 Å². The average molecular weight is 488 g/mol. The Labute approximate surface area is 206 Å². The highest BCUT2D eigenvalue weighted by Gasteiger charge is 2.75. The van der Waals surface area contributed by atoms with Crippen LogP contribution in [0.5, 0.6) is 0 Å². The van der Waals surface area contributed by atoms with Crippen molar-refractivity contribution in [3.8, 4) is 0 Å². The van der Waals surface area contributed by atoms with Crippen LogP contribution in [-0.2, 0) is 20.9 Å². The summed E-state index contributed by atoms with van der Waals surface area (Å²) in [4.78, 5) is 42.5. The predicted octanol–water partition coefficient (Wildman–Crippen LogP) is 2.33. The van der Waals surface area contributed by atoms with E-state index >= 15 is 0 Å². The first-order chi connectivity index (χ1) is 16.3. The van der Waals surface area contributed by atoms with E-state index in [1.807, 2.05) is 37.3 Å². The van der Waals surface area contributed by atoms with E-state index in [0.29, 0.717) is 19.5 Å². The van der Waals surface area contributed by atoms with Crippen molar-refractivity contribution < 1.29 is 19.5 Å². The van der Waals surface area contributed by atoms with Gasteiger partial charge in [-0.05, 0) is 37.7 Å². The summed E-state index contributed by atoms with van der Waals surface area (Å²) in [5, 5.41) is 15.7. The number of carbonyl (C=O) groups is 3. The summed E-state index contributed by atoms with van der Waals surface area (Å²) < 4.78 is -0.609. The monoisotopic (exact) mass is 487 g/mol. The lowest BCUT2D eigenvalue weighted by atomic mass is 9.66. The second-order valence-electron chi connectivity index (χ2n) is 10.1. The standard InChI is InChI=1S/C26H37N3O4S/c1-4-9-17(3)28-24(32)22-26-16(2)14-19(34-26)20(21(26)25(33)29(22)12-8-13-30)23(31)27-15-18-10-6-5-7-11-18/h5-7,10-11,16-17,19-22,30H,4,8-9,12-15H2,1-3H3,(H,27,31)(H,28,32)/t16?,17?,19-,20+,21-,22?,26?/m0/s1. The Bertz CT molecular complexity index is 913. The van der Waals surface area contributed by atoms with Crippen molar-refractivity contribution in [1.29, 1.82) is 0 Å². The lowest BCUT2D eigenvalue weighted by Gasteiger charge is -2.39. The number of hydrogen-bond donors (Lipinski definition) is 3. The molecule has 2 bridgehead atoms. The van der Waals surface area contributed by atoms with E-state index in [1.54, 1.807) is 16.7 Å². The third kappa shape index (κ3) is 4.24. The topological polar surface area (TPSA) is 98.7 Å². The second-order valence-corrected chi connectivity index (χ2v) is 11.6. The maximum Gasteiger partial charge on any atom is 0.244 e. The van der Waals surface area contributed by atoms with E-state index in [4.69, 9.17) is 0 Å². The summed E-state index contributed by atoms with van der Waals surface area (Å²) in [6, 6.07) is 9.15. The fraction of sp³-hybridized carbons (Fsp3) is 0.654. The molecule has 3 amide bonds. The highest BCUT2D eigenvalue weighted by atomic mass is 32.2. The van der Waals surface area contributed by atoms with Crippen molar-refractivity contribution in [3.05, 3.63) is 35.9 Å². The molecule has 3 heterocycles. The number of aliphatic hydroxyl groups is 1. The smallest absolute Gasteiger partial charge is 0.244 e. The third-order valence-corrected chi connectivity index (χ3v) is 9.85. The Kier molecular flexibility index (Phi) is 7.57. The molecule has 1 aromatic rings. The molecule has 7 nitrogen and oxygen atoms in total. The zero-order chi connectivity index (χ0) is 24.5. The minimum Gasteiger partial charge on any atom is -0.396 e. The molecule has 186 valence electrons. The summed E-state index contributed by atoms with van der Waals surface area (Å²) in [6.45, 7) is 6.89. The SMILES string of the molecule is CCCC(C)NC(=O)C1N(CCCO)C(=O)[C@@H]2[C@H](C(=O)NCc3ccccc3)[C@@H]3CC(C)C12S3. The van der Waals surface area contributed by atoms with Gasteiger partial charge in [0.25, 0.3) is 0 Å². The number of hydrogen-bond acceptors (Lipinski definition) is 5. The van der Waals surface area contributed by atoms with Crippen LogP contribution in [0, 0.1) is 17.8 Å². The maximum absolute atomic E-state index is 13.8. The molecule has 3 fully saturated rings. The van der Waals surface area contributed by atoms with E-state index in [9.17, 15) is 19.5 Å². The molecule has 1 spiro atoms. The van der Waals surface area contributed by atoms with Gasteiger partial charge in [0.1, 0.15) is 6.04 Å². The molecule has 3 saturated heterocycles. The highest BCUT2D eigenvalue weighted by Crippen LogP contribution is 2.68. The Balaban J connectivity index is 1.61. The van der Waals surface area contributed by atoms with Gasteiger partial charge in [0.2, 0.25) is 17.7 Å². The number of thioether (sulfide) groups is 1. The first-order valence-electron chi connectivity index (χ1n) is 12.6. The van der Waals surface area contributed by atoms with Gasteiger partial charge in [0, 0.05) is 31.0 Å². The average Bonchev–Trinajstić information content (AvgIpc) is 3.40. The van der Waals surface area contributed by atoms with E-state index in [-0.39, 0.29) is 41.5 Å². The van der Waals surface area contributed by atoms with Gasteiger partial charge in [0.15, 0.2) is 0 Å². The molecule has 0 aromatic heterocycles. The van der Waals surface area contributed by atoms with Crippen LogP contribution >= 0.6 is 11.8 Å². The Morgan fingerprint density at radius 3 is 2.68 bits per heavy atom. The molecule has 8 heteroatoms. The summed E-state index contributed by atoms with van der Waals surface area (Å²) in [7, 11) is 0. The van der Waals surface area contributed by atoms with Crippen LogP contribution in [0.25, 0.3) is 0 Å². The summed E-state index contributed by atoms with van der Waals surface area (Å²) in [6.07, 6.45) is 3.06. The molecule has 4 rings (SSSR count). The van der Waals surface area contributed by atoms with E-state index in [0.717, 1.165) is 24.8 Å². The van der Waals surface area contributed by atoms with Crippen LogP contribution in [-0.4, -0.2) is 63.0 Å². The molecule has 0 saturated carbocycles. The number of fused-ring (bicyclic) bond motifs is 1.